The van der Waals surface area contributed by atoms with Crippen molar-refractivity contribution in [1.29, 1.82) is 0 Å². The van der Waals surface area contributed by atoms with E-state index in [0.717, 1.165) is 32.6 Å². The molecule has 1 rings (SSSR count). The standard InChI is InChI=1S/C14H28N2O2/c1-4-8-16(11-14(17)18-12(2)3)10-13-6-5-7-15-9-13/h12-13,15H,4-11H2,1-3H3. The Balaban J connectivity index is 2.35. The first-order valence-corrected chi connectivity index (χ1v) is 7.24. The van der Waals surface area contributed by atoms with Crippen molar-refractivity contribution in [1.82, 2.24) is 10.2 Å². The second-order valence-electron chi connectivity index (χ2n) is 5.49. The van der Waals surface area contributed by atoms with Gasteiger partial charge in [0.05, 0.1) is 12.6 Å². The van der Waals surface area contributed by atoms with Crippen molar-refractivity contribution in [3.63, 3.8) is 0 Å². The van der Waals surface area contributed by atoms with E-state index in [-0.39, 0.29) is 12.1 Å². The number of hydrogen-bond acceptors (Lipinski definition) is 4. The van der Waals surface area contributed by atoms with Crippen LogP contribution in [0.15, 0.2) is 0 Å². The number of nitrogens with zero attached hydrogens (tertiary/aromatic N) is 1. The van der Waals surface area contributed by atoms with Crippen molar-refractivity contribution in [2.45, 2.75) is 46.1 Å². The Morgan fingerprint density at radius 1 is 1.50 bits per heavy atom. The van der Waals surface area contributed by atoms with Gasteiger partial charge >= 0.3 is 5.97 Å². The molecule has 106 valence electrons. The zero-order chi connectivity index (χ0) is 13.4. The average molecular weight is 256 g/mol. The molecule has 1 aliphatic heterocycles. The van der Waals surface area contributed by atoms with Gasteiger partial charge in [0.1, 0.15) is 0 Å². The number of ether oxygens (including phenoxy) is 1. The van der Waals surface area contributed by atoms with E-state index in [1.807, 2.05) is 13.8 Å². The third-order valence-electron chi connectivity index (χ3n) is 3.18. The zero-order valence-electron chi connectivity index (χ0n) is 12.1. The summed E-state index contributed by atoms with van der Waals surface area (Å²) in [5.41, 5.74) is 0. The van der Waals surface area contributed by atoms with Gasteiger partial charge in [-0.15, -0.1) is 0 Å². The van der Waals surface area contributed by atoms with E-state index in [2.05, 4.69) is 17.1 Å². The molecule has 0 aromatic rings. The molecule has 18 heavy (non-hydrogen) atoms. The van der Waals surface area contributed by atoms with Crippen molar-refractivity contribution < 1.29 is 9.53 Å². The predicted octanol–water partition coefficient (Wildman–Crippen LogP) is 1.65. The van der Waals surface area contributed by atoms with Crippen LogP contribution in [0.5, 0.6) is 0 Å². The Morgan fingerprint density at radius 3 is 2.83 bits per heavy atom. The smallest absolute Gasteiger partial charge is 0.320 e. The van der Waals surface area contributed by atoms with Crippen LogP contribution in [0.25, 0.3) is 0 Å². The van der Waals surface area contributed by atoms with E-state index in [1.54, 1.807) is 0 Å². The molecule has 0 aliphatic carbocycles. The summed E-state index contributed by atoms with van der Waals surface area (Å²) in [5, 5.41) is 3.42. The fraction of sp³-hybridized carbons (Fsp3) is 0.929. The molecule has 4 heteroatoms. The van der Waals surface area contributed by atoms with E-state index >= 15 is 0 Å². The van der Waals surface area contributed by atoms with Gasteiger partial charge in [0, 0.05) is 6.54 Å². The Labute approximate surface area is 111 Å². The topological polar surface area (TPSA) is 41.6 Å². The molecule has 1 unspecified atom stereocenters. The molecule has 1 N–H and O–H groups in total. The second-order valence-corrected chi connectivity index (χ2v) is 5.49. The highest BCUT2D eigenvalue weighted by molar-refractivity contribution is 5.71. The van der Waals surface area contributed by atoms with Gasteiger partial charge in [-0.1, -0.05) is 6.92 Å². The van der Waals surface area contributed by atoms with Gasteiger partial charge in [-0.3, -0.25) is 9.69 Å². The minimum absolute atomic E-state index is 0.0164. The van der Waals surface area contributed by atoms with Crippen LogP contribution < -0.4 is 5.32 Å². The van der Waals surface area contributed by atoms with Gasteiger partial charge in [-0.25, -0.2) is 0 Å². The third-order valence-corrected chi connectivity index (χ3v) is 3.18. The van der Waals surface area contributed by atoms with Crippen molar-refractivity contribution >= 4 is 5.97 Å². The number of carbonyl (C=O) groups is 1. The monoisotopic (exact) mass is 256 g/mol. The van der Waals surface area contributed by atoms with Crippen molar-refractivity contribution in [2.24, 2.45) is 5.92 Å². The largest absolute Gasteiger partial charge is 0.462 e. The van der Waals surface area contributed by atoms with Crippen LogP contribution in [0.4, 0.5) is 0 Å². The number of esters is 1. The van der Waals surface area contributed by atoms with Crippen LogP contribution in [0.1, 0.15) is 40.0 Å². The minimum Gasteiger partial charge on any atom is -0.462 e. The van der Waals surface area contributed by atoms with Crippen LogP contribution >= 0.6 is 0 Å². The SMILES string of the molecule is CCCN(CC(=O)OC(C)C)CC1CCCNC1. The molecular formula is C14H28N2O2. The lowest BCUT2D eigenvalue weighted by Gasteiger charge is -2.29. The van der Waals surface area contributed by atoms with Gasteiger partial charge in [0.15, 0.2) is 0 Å². The van der Waals surface area contributed by atoms with Crippen molar-refractivity contribution in [3.8, 4) is 0 Å². The summed E-state index contributed by atoms with van der Waals surface area (Å²) in [6.45, 7) is 10.6. The summed E-state index contributed by atoms with van der Waals surface area (Å²) >= 11 is 0. The number of nitrogens with one attached hydrogen (secondary N) is 1. The number of piperidine rings is 1. The van der Waals surface area contributed by atoms with Crippen molar-refractivity contribution in [3.05, 3.63) is 0 Å². The fourth-order valence-electron chi connectivity index (χ4n) is 2.48. The van der Waals surface area contributed by atoms with Gasteiger partial charge < -0.3 is 10.1 Å². The third kappa shape index (κ3) is 6.36. The summed E-state index contributed by atoms with van der Waals surface area (Å²) < 4.78 is 5.22. The summed E-state index contributed by atoms with van der Waals surface area (Å²) in [6, 6.07) is 0. The van der Waals surface area contributed by atoms with Crippen LogP contribution in [0.2, 0.25) is 0 Å². The summed E-state index contributed by atoms with van der Waals surface area (Å²) in [4.78, 5) is 13.9. The summed E-state index contributed by atoms with van der Waals surface area (Å²) in [7, 11) is 0. The highest BCUT2D eigenvalue weighted by Gasteiger charge is 2.19. The van der Waals surface area contributed by atoms with Gasteiger partial charge in [-0.05, 0) is 58.7 Å². The Bertz CT molecular complexity index is 238. The molecule has 0 aromatic heterocycles. The van der Waals surface area contributed by atoms with Gasteiger partial charge in [0.2, 0.25) is 0 Å². The quantitative estimate of drug-likeness (QED) is 0.703. The average Bonchev–Trinajstić information content (AvgIpc) is 2.29. The lowest BCUT2D eigenvalue weighted by Crippen LogP contribution is -2.41. The highest BCUT2D eigenvalue weighted by atomic mass is 16.5. The fourth-order valence-corrected chi connectivity index (χ4v) is 2.48. The van der Waals surface area contributed by atoms with E-state index in [4.69, 9.17) is 4.74 Å². The van der Waals surface area contributed by atoms with Gasteiger partial charge in [0.25, 0.3) is 0 Å². The number of rotatable bonds is 7. The Hall–Kier alpha value is -0.610. The van der Waals surface area contributed by atoms with Crippen LogP contribution in [-0.2, 0) is 9.53 Å². The molecular weight excluding hydrogens is 228 g/mol. The zero-order valence-corrected chi connectivity index (χ0v) is 12.1. The molecule has 0 saturated carbocycles. The molecule has 4 nitrogen and oxygen atoms in total. The highest BCUT2D eigenvalue weighted by Crippen LogP contribution is 2.12. The molecule has 0 bridgehead atoms. The first kappa shape index (κ1) is 15.4. The molecule has 1 aliphatic rings. The lowest BCUT2D eigenvalue weighted by molar-refractivity contribution is -0.148. The molecule has 0 amide bonds. The Morgan fingerprint density at radius 2 is 2.28 bits per heavy atom. The van der Waals surface area contributed by atoms with Crippen LogP contribution in [-0.4, -0.2) is 49.7 Å². The molecule has 0 radical (unpaired) electrons. The van der Waals surface area contributed by atoms with Gasteiger partial charge in [-0.2, -0.15) is 0 Å². The van der Waals surface area contributed by atoms with E-state index < -0.39 is 0 Å². The van der Waals surface area contributed by atoms with E-state index in [1.165, 1.54) is 12.8 Å². The van der Waals surface area contributed by atoms with E-state index in [0.29, 0.717) is 12.5 Å². The molecule has 1 fully saturated rings. The molecule has 0 aromatic carbocycles. The maximum atomic E-state index is 11.7. The Kier molecular flexibility index (Phi) is 7.28. The maximum Gasteiger partial charge on any atom is 0.320 e. The predicted molar refractivity (Wildman–Crippen MR) is 73.6 cm³/mol. The second kappa shape index (κ2) is 8.48. The summed E-state index contributed by atoms with van der Waals surface area (Å²) in [6.07, 6.45) is 3.58. The number of hydrogen-bond donors (Lipinski definition) is 1. The first-order chi connectivity index (χ1) is 8.61. The van der Waals surface area contributed by atoms with Crippen LogP contribution in [0.3, 0.4) is 0 Å². The normalized spacial score (nSPS) is 20.4. The maximum absolute atomic E-state index is 11.7. The minimum atomic E-state index is -0.0952. The molecule has 1 heterocycles. The molecule has 1 saturated heterocycles. The summed E-state index contributed by atoms with van der Waals surface area (Å²) in [5.74, 6) is 0.583. The molecule has 1 atom stereocenters. The molecule has 0 spiro atoms. The van der Waals surface area contributed by atoms with Crippen molar-refractivity contribution in [2.75, 3.05) is 32.7 Å². The van der Waals surface area contributed by atoms with E-state index in [9.17, 15) is 4.79 Å². The first-order valence-electron chi connectivity index (χ1n) is 7.24. The van der Waals surface area contributed by atoms with Crippen LogP contribution in [0, 0.1) is 5.92 Å². The number of carbonyl (C=O) groups excluding carboxylic acids is 1. The lowest BCUT2D eigenvalue weighted by atomic mass is 9.99.